The van der Waals surface area contributed by atoms with Gasteiger partial charge >= 0.3 is 5.97 Å². The van der Waals surface area contributed by atoms with Gasteiger partial charge in [0.05, 0.1) is 30.4 Å². The summed E-state index contributed by atoms with van der Waals surface area (Å²) in [6.45, 7) is 13.4. The van der Waals surface area contributed by atoms with Crippen LogP contribution in [0.25, 0.3) is 0 Å². The van der Waals surface area contributed by atoms with E-state index in [0.29, 0.717) is 43.1 Å². The number of carbonyl (C=O) groups excluding carboxylic acids is 2. The molecule has 46 heavy (non-hydrogen) atoms. The highest BCUT2D eigenvalue weighted by molar-refractivity contribution is 5.93. The number of hydrogen-bond donors (Lipinski definition) is 4. The molecule has 1 aliphatic carbocycles. The smallest absolute Gasteiger partial charge is 0.337 e. The van der Waals surface area contributed by atoms with Crippen molar-refractivity contribution in [2.24, 2.45) is 17.8 Å². The van der Waals surface area contributed by atoms with Gasteiger partial charge in [0.25, 0.3) is 0 Å². The number of hydrogen-bond acceptors (Lipinski definition) is 9. The van der Waals surface area contributed by atoms with E-state index in [-0.39, 0.29) is 42.3 Å². The van der Waals surface area contributed by atoms with E-state index >= 15 is 0 Å². The summed E-state index contributed by atoms with van der Waals surface area (Å²) < 4.78 is 25.7. The van der Waals surface area contributed by atoms with Crippen LogP contribution in [-0.2, 0) is 28.5 Å². The first kappa shape index (κ1) is 35.0. The maximum Gasteiger partial charge on any atom is 0.337 e. The maximum atomic E-state index is 14.1. The Labute approximate surface area is 272 Å². The van der Waals surface area contributed by atoms with E-state index in [1.165, 1.54) is 19.9 Å². The van der Waals surface area contributed by atoms with Gasteiger partial charge in [0.2, 0.25) is 5.91 Å². The third-order valence-electron chi connectivity index (χ3n) is 10.9. The van der Waals surface area contributed by atoms with Crippen molar-refractivity contribution in [1.29, 1.82) is 0 Å². The number of allylic oxidation sites excluding steroid dienone is 2. The average molecular weight is 644 g/mol. The van der Waals surface area contributed by atoms with Crippen molar-refractivity contribution in [3.63, 3.8) is 0 Å². The van der Waals surface area contributed by atoms with Crippen molar-refractivity contribution in [1.82, 2.24) is 5.32 Å². The van der Waals surface area contributed by atoms with Crippen molar-refractivity contribution >= 4 is 11.9 Å². The summed E-state index contributed by atoms with van der Waals surface area (Å²) in [5.74, 6) is -1.32. The summed E-state index contributed by atoms with van der Waals surface area (Å²) in [4.78, 5) is 26.3. The molecule has 0 saturated carbocycles. The molecule has 0 aromatic rings. The summed E-state index contributed by atoms with van der Waals surface area (Å²) in [6.07, 6.45) is 8.70. The highest BCUT2D eigenvalue weighted by Gasteiger charge is 2.61. The maximum absolute atomic E-state index is 14.1. The molecular formula is C36H53NO9. The number of carbonyl (C=O) groups is 2. The molecule has 5 aliphatic rings. The predicted molar refractivity (Wildman–Crippen MR) is 171 cm³/mol. The fourth-order valence-electron chi connectivity index (χ4n) is 7.96. The van der Waals surface area contributed by atoms with Gasteiger partial charge in [-0.1, -0.05) is 64.0 Å². The Morgan fingerprint density at radius 1 is 1.20 bits per heavy atom. The molecular weight excluding hydrogens is 590 g/mol. The van der Waals surface area contributed by atoms with Gasteiger partial charge in [-0.3, -0.25) is 4.79 Å². The number of aliphatic hydroxyl groups is 3. The number of aliphatic hydroxyl groups excluding tert-OH is 1. The minimum absolute atomic E-state index is 0.0109. The molecule has 4 heterocycles. The highest BCUT2D eigenvalue weighted by atomic mass is 16.7. The number of esters is 1. The van der Waals surface area contributed by atoms with Gasteiger partial charge in [-0.25, -0.2) is 4.79 Å². The van der Waals surface area contributed by atoms with Crippen molar-refractivity contribution in [2.75, 3.05) is 6.61 Å². The van der Waals surface area contributed by atoms with Crippen LogP contribution in [0.3, 0.4) is 0 Å². The Bertz CT molecular complexity index is 1300. The van der Waals surface area contributed by atoms with Gasteiger partial charge in [0.1, 0.15) is 29.5 Å². The molecule has 1 spiro atoms. The molecule has 0 unspecified atom stereocenters. The highest BCUT2D eigenvalue weighted by Crippen LogP contribution is 2.48. The van der Waals surface area contributed by atoms with E-state index in [0.717, 1.165) is 18.4 Å². The molecule has 5 rings (SSSR count). The monoisotopic (exact) mass is 643 g/mol. The fraction of sp³-hybridized carbons (Fsp3) is 0.722. The zero-order valence-electron chi connectivity index (χ0n) is 28.3. The lowest BCUT2D eigenvalue weighted by atomic mass is 9.71. The number of rotatable bonds is 3. The molecule has 10 heteroatoms. The third-order valence-corrected chi connectivity index (χ3v) is 10.9. The number of amides is 1. The molecule has 2 bridgehead atoms. The quantitative estimate of drug-likeness (QED) is 0.267. The normalized spacial score (nSPS) is 46.9. The lowest BCUT2D eigenvalue weighted by Crippen LogP contribution is -2.61. The van der Waals surface area contributed by atoms with E-state index in [2.05, 4.69) is 32.2 Å². The van der Waals surface area contributed by atoms with Crippen LogP contribution in [0, 0.1) is 17.8 Å². The summed E-state index contributed by atoms with van der Waals surface area (Å²) in [7, 11) is 0. The van der Waals surface area contributed by atoms with Crippen LogP contribution in [0.1, 0.15) is 87.0 Å². The van der Waals surface area contributed by atoms with Crippen LogP contribution >= 0.6 is 0 Å². The third kappa shape index (κ3) is 6.66. The van der Waals surface area contributed by atoms with Crippen LogP contribution in [-0.4, -0.2) is 87.4 Å². The lowest BCUT2D eigenvalue weighted by molar-refractivity contribution is -0.340. The molecule has 0 aromatic carbocycles. The van der Waals surface area contributed by atoms with Crippen LogP contribution in [0.4, 0.5) is 0 Å². The molecule has 1 amide bonds. The summed E-state index contributed by atoms with van der Waals surface area (Å²) in [6, 6.07) is -0.287. The van der Waals surface area contributed by atoms with Gasteiger partial charge in [-0.05, 0) is 56.1 Å². The number of fused-ring (bicyclic) bond motifs is 2. The molecule has 4 aliphatic heterocycles. The van der Waals surface area contributed by atoms with Gasteiger partial charge < -0.3 is 39.6 Å². The first-order valence-corrected chi connectivity index (χ1v) is 17.0. The molecule has 3 saturated heterocycles. The summed E-state index contributed by atoms with van der Waals surface area (Å²) in [5.41, 5.74) is -2.69. The zero-order chi connectivity index (χ0) is 33.6. The van der Waals surface area contributed by atoms with Crippen molar-refractivity contribution in [3.8, 4) is 0 Å². The molecule has 10 nitrogen and oxygen atoms in total. The van der Waals surface area contributed by atoms with Crippen LogP contribution < -0.4 is 5.32 Å². The van der Waals surface area contributed by atoms with Gasteiger partial charge in [0, 0.05) is 26.2 Å². The Morgan fingerprint density at radius 3 is 2.63 bits per heavy atom. The van der Waals surface area contributed by atoms with Gasteiger partial charge in [-0.15, -0.1) is 0 Å². The molecule has 12 atom stereocenters. The predicted octanol–water partition coefficient (Wildman–Crippen LogP) is 3.79. The lowest BCUT2D eigenvalue weighted by Gasteiger charge is -2.51. The van der Waals surface area contributed by atoms with Gasteiger partial charge in [-0.2, -0.15) is 0 Å². The molecule has 3 fully saturated rings. The topological polar surface area (TPSA) is 144 Å². The summed E-state index contributed by atoms with van der Waals surface area (Å²) >= 11 is 0. The molecule has 4 N–H and O–H groups in total. The van der Waals surface area contributed by atoms with E-state index in [9.17, 15) is 24.9 Å². The van der Waals surface area contributed by atoms with E-state index in [1.807, 2.05) is 19.9 Å². The standard InChI is InChI=1S/C36H53NO9/c1-8-20(2)30-23(5)14-15-35(46-30)17-27-16-26(45-35)13-12-22(4)29(37-24(6)38)21(3)10-9-11-25-19-43-32-31(39)34(7,41)18-28(33(40)44-27)36(25,32)42/h9-12,18,20-21,23,26-27,29-32,39,41-42H,8,13-17,19H2,1-7H3,(H,37,38)/b10-9+,22-12+,25-11+/t20-,21-,23-,26+,27-,29+,30+,31-,32+,34+,35+,36+/m0/s1. The van der Waals surface area contributed by atoms with E-state index in [4.69, 9.17) is 18.9 Å². The second-order valence-electron chi connectivity index (χ2n) is 14.6. The molecule has 256 valence electrons. The number of nitrogens with one attached hydrogen (secondary N) is 1. The fourth-order valence-corrected chi connectivity index (χ4v) is 7.96. The average Bonchev–Trinajstić information content (AvgIpc) is 3.33. The minimum atomic E-state index is -2.02. The van der Waals surface area contributed by atoms with Crippen LogP contribution in [0.5, 0.6) is 0 Å². The first-order chi connectivity index (χ1) is 21.6. The van der Waals surface area contributed by atoms with Crippen LogP contribution in [0.15, 0.2) is 47.1 Å². The van der Waals surface area contributed by atoms with E-state index in [1.54, 1.807) is 12.2 Å². The van der Waals surface area contributed by atoms with Crippen molar-refractivity contribution in [2.45, 2.75) is 141 Å². The molecule has 0 aromatic heterocycles. The largest absolute Gasteiger partial charge is 0.459 e. The molecule has 0 radical (unpaired) electrons. The van der Waals surface area contributed by atoms with E-state index < -0.39 is 41.3 Å². The Balaban J connectivity index is 1.58. The SMILES string of the molecule is CC[C@H](C)[C@H]1O[C@]2(CC[C@@H]1C)C[C@@H]1C[C@@H](C/C=C(\C)[C@H](NC(C)=O)[C@@H](C)/C=C/C=C3\CO[C@@H]4[C@H](O)[C@](C)(O)C=C(C(=O)O1)[C@]34O)O2. The first-order valence-electron chi connectivity index (χ1n) is 17.0. The second-order valence-corrected chi connectivity index (χ2v) is 14.6. The van der Waals surface area contributed by atoms with Crippen molar-refractivity contribution in [3.05, 3.63) is 47.1 Å². The van der Waals surface area contributed by atoms with Gasteiger partial charge in [0.15, 0.2) is 5.79 Å². The Kier molecular flexibility index (Phi) is 10.1. The second kappa shape index (κ2) is 13.3. The number of ether oxygens (including phenoxy) is 4. The Hall–Kier alpha value is -2.34. The summed E-state index contributed by atoms with van der Waals surface area (Å²) in [5, 5.41) is 37.4. The zero-order valence-corrected chi connectivity index (χ0v) is 28.3. The Morgan fingerprint density at radius 2 is 1.93 bits per heavy atom. The van der Waals surface area contributed by atoms with Crippen molar-refractivity contribution < 1.29 is 43.9 Å². The van der Waals surface area contributed by atoms with Crippen LogP contribution in [0.2, 0.25) is 0 Å². The minimum Gasteiger partial charge on any atom is -0.459 e.